The van der Waals surface area contributed by atoms with Crippen molar-refractivity contribution in [2.45, 2.75) is 45.1 Å². The summed E-state index contributed by atoms with van der Waals surface area (Å²) in [7, 11) is 0. The molecule has 0 saturated heterocycles. The largest absolute Gasteiger partial charge is 0.481 e. The van der Waals surface area contributed by atoms with E-state index in [0.717, 1.165) is 30.2 Å². The van der Waals surface area contributed by atoms with Crippen LogP contribution in [0.1, 0.15) is 38.2 Å². The number of carboxylic acid groups (broad SMARTS) is 1. The van der Waals surface area contributed by atoms with Gasteiger partial charge in [-0.05, 0) is 31.2 Å². The van der Waals surface area contributed by atoms with E-state index in [0.29, 0.717) is 25.0 Å². The van der Waals surface area contributed by atoms with Crippen LogP contribution in [0.3, 0.4) is 0 Å². The van der Waals surface area contributed by atoms with Crippen LogP contribution < -0.4 is 5.32 Å². The molecule has 0 aliphatic heterocycles. The second kappa shape index (κ2) is 9.61. The Balaban J connectivity index is 1.98. The minimum Gasteiger partial charge on any atom is -0.481 e. The van der Waals surface area contributed by atoms with Crippen LogP contribution in [-0.2, 0) is 20.8 Å². The van der Waals surface area contributed by atoms with Gasteiger partial charge in [0, 0.05) is 18.7 Å². The molecule has 2 rings (SSSR count). The summed E-state index contributed by atoms with van der Waals surface area (Å²) < 4.78 is 0. The molecule has 5 nitrogen and oxygen atoms in total. The Bertz CT molecular complexity index is 605. The molecule has 25 heavy (non-hydrogen) atoms. The van der Waals surface area contributed by atoms with Crippen LogP contribution in [0.4, 0.5) is 0 Å². The van der Waals surface area contributed by atoms with Crippen molar-refractivity contribution < 1.29 is 19.5 Å². The van der Waals surface area contributed by atoms with Gasteiger partial charge >= 0.3 is 5.97 Å². The molecular formula is C19H25NO4S. The SMILES string of the molecule is CC(=O)SCC(Cc1ccccc1)C(=O)NC1CCCC(C(=O)O)C1. The van der Waals surface area contributed by atoms with Gasteiger partial charge in [-0.2, -0.15) is 0 Å². The van der Waals surface area contributed by atoms with Gasteiger partial charge in [-0.3, -0.25) is 14.4 Å². The van der Waals surface area contributed by atoms with E-state index in [9.17, 15) is 19.5 Å². The van der Waals surface area contributed by atoms with E-state index >= 15 is 0 Å². The predicted molar refractivity (Wildman–Crippen MR) is 98.3 cm³/mol. The highest BCUT2D eigenvalue weighted by Gasteiger charge is 2.29. The molecule has 1 amide bonds. The average Bonchev–Trinajstić information content (AvgIpc) is 2.59. The first-order chi connectivity index (χ1) is 12.0. The quantitative estimate of drug-likeness (QED) is 0.778. The summed E-state index contributed by atoms with van der Waals surface area (Å²) in [6, 6.07) is 9.64. The first-order valence-electron chi connectivity index (χ1n) is 8.66. The van der Waals surface area contributed by atoms with E-state index in [2.05, 4.69) is 5.32 Å². The van der Waals surface area contributed by atoms with Crippen LogP contribution in [0.15, 0.2) is 30.3 Å². The van der Waals surface area contributed by atoms with E-state index < -0.39 is 5.97 Å². The number of carboxylic acids is 1. The molecule has 136 valence electrons. The van der Waals surface area contributed by atoms with Gasteiger partial charge in [-0.15, -0.1) is 0 Å². The molecule has 6 heteroatoms. The van der Waals surface area contributed by atoms with Gasteiger partial charge < -0.3 is 10.4 Å². The maximum absolute atomic E-state index is 12.7. The van der Waals surface area contributed by atoms with Gasteiger partial charge in [0.1, 0.15) is 0 Å². The van der Waals surface area contributed by atoms with Crippen LogP contribution in [0.5, 0.6) is 0 Å². The van der Waals surface area contributed by atoms with Gasteiger partial charge in [0.25, 0.3) is 0 Å². The predicted octanol–water partition coefficient (Wildman–Crippen LogP) is 2.88. The van der Waals surface area contributed by atoms with Crippen LogP contribution >= 0.6 is 11.8 Å². The molecule has 1 aromatic carbocycles. The maximum atomic E-state index is 12.7. The van der Waals surface area contributed by atoms with Gasteiger partial charge in [0.05, 0.1) is 11.8 Å². The molecule has 0 bridgehead atoms. The normalized spacial score (nSPS) is 21.3. The fraction of sp³-hybridized carbons (Fsp3) is 0.526. The summed E-state index contributed by atoms with van der Waals surface area (Å²) in [5.74, 6) is -1.12. The minimum atomic E-state index is -0.785. The first kappa shape index (κ1) is 19.5. The van der Waals surface area contributed by atoms with Gasteiger partial charge in [0.2, 0.25) is 5.91 Å². The van der Waals surface area contributed by atoms with Crippen molar-refractivity contribution in [1.29, 1.82) is 0 Å². The summed E-state index contributed by atoms with van der Waals surface area (Å²) in [4.78, 5) is 35.2. The van der Waals surface area contributed by atoms with E-state index in [4.69, 9.17) is 0 Å². The second-order valence-corrected chi connectivity index (χ2v) is 7.79. The Kier molecular flexibility index (Phi) is 7.50. The smallest absolute Gasteiger partial charge is 0.306 e. The van der Waals surface area contributed by atoms with Crippen molar-refractivity contribution in [3.63, 3.8) is 0 Å². The lowest BCUT2D eigenvalue weighted by Gasteiger charge is -2.29. The molecule has 1 aromatic rings. The van der Waals surface area contributed by atoms with E-state index in [1.165, 1.54) is 6.92 Å². The molecule has 2 N–H and O–H groups in total. The topological polar surface area (TPSA) is 83.5 Å². The first-order valence-corrected chi connectivity index (χ1v) is 9.64. The van der Waals surface area contributed by atoms with Crippen molar-refractivity contribution in [2.24, 2.45) is 11.8 Å². The van der Waals surface area contributed by atoms with Crippen molar-refractivity contribution in [3.05, 3.63) is 35.9 Å². The number of amides is 1. The number of thioether (sulfide) groups is 1. The summed E-state index contributed by atoms with van der Waals surface area (Å²) in [6.07, 6.45) is 3.36. The number of hydrogen-bond donors (Lipinski definition) is 2. The fourth-order valence-electron chi connectivity index (χ4n) is 3.21. The van der Waals surface area contributed by atoms with Crippen molar-refractivity contribution in [1.82, 2.24) is 5.32 Å². The van der Waals surface area contributed by atoms with Crippen molar-refractivity contribution in [3.8, 4) is 0 Å². The third-order valence-electron chi connectivity index (χ3n) is 4.55. The van der Waals surface area contributed by atoms with Gasteiger partial charge in [0.15, 0.2) is 5.12 Å². The zero-order valence-corrected chi connectivity index (χ0v) is 15.3. The third kappa shape index (κ3) is 6.53. The highest BCUT2D eigenvalue weighted by atomic mass is 32.2. The molecular weight excluding hydrogens is 338 g/mol. The lowest BCUT2D eigenvalue weighted by Crippen LogP contribution is -2.43. The molecule has 3 atom stereocenters. The highest BCUT2D eigenvalue weighted by Crippen LogP contribution is 2.25. The zero-order valence-electron chi connectivity index (χ0n) is 14.4. The Labute approximate surface area is 152 Å². The van der Waals surface area contributed by atoms with E-state index in [-0.39, 0.29) is 28.9 Å². The molecule has 1 aliphatic carbocycles. The second-order valence-electron chi connectivity index (χ2n) is 6.60. The lowest BCUT2D eigenvalue weighted by molar-refractivity contribution is -0.143. The molecule has 0 spiro atoms. The van der Waals surface area contributed by atoms with Gasteiger partial charge in [-0.25, -0.2) is 0 Å². The van der Waals surface area contributed by atoms with Crippen LogP contribution in [0.25, 0.3) is 0 Å². The summed E-state index contributed by atoms with van der Waals surface area (Å²) >= 11 is 1.16. The number of aliphatic carboxylic acids is 1. The number of nitrogens with one attached hydrogen (secondary N) is 1. The molecule has 0 aromatic heterocycles. The maximum Gasteiger partial charge on any atom is 0.306 e. The van der Waals surface area contributed by atoms with E-state index in [1.807, 2.05) is 30.3 Å². The monoisotopic (exact) mass is 363 g/mol. The van der Waals surface area contributed by atoms with Crippen LogP contribution in [0.2, 0.25) is 0 Å². The average molecular weight is 363 g/mol. The molecule has 0 heterocycles. The summed E-state index contributed by atoms with van der Waals surface area (Å²) in [5, 5.41) is 12.2. The Hall–Kier alpha value is -1.82. The Morgan fingerprint density at radius 3 is 2.60 bits per heavy atom. The van der Waals surface area contributed by atoms with Crippen molar-refractivity contribution in [2.75, 3.05) is 5.75 Å². The minimum absolute atomic E-state index is 0.00512. The number of carbonyl (C=O) groups is 3. The van der Waals surface area contributed by atoms with Crippen LogP contribution in [-0.4, -0.2) is 33.9 Å². The molecule has 1 fully saturated rings. The molecule has 3 unspecified atom stereocenters. The lowest BCUT2D eigenvalue weighted by atomic mass is 9.85. The summed E-state index contributed by atoms with van der Waals surface area (Å²) in [6.45, 7) is 1.50. The molecule has 0 radical (unpaired) electrons. The summed E-state index contributed by atoms with van der Waals surface area (Å²) in [5.41, 5.74) is 1.05. The third-order valence-corrected chi connectivity index (χ3v) is 5.53. The number of hydrogen-bond acceptors (Lipinski definition) is 4. The number of carbonyl (C=O) groups excluding carboxylic acids is 2. The Morgan fingerprint density at radius 1 is 1.24 bits per heavy atom. The van der Waals surface area contributed by atoms with Crippen molar-refractivity contribution >= 4 is 28.8 Å². The van der Waals surface area contributed by atoms with Crippen LogP contribution in [0, 0.1) is 11.8 Å². The zero-order chi connectivity index (χ0) is 18.2. The number of rotatable bonds is 7. The number of benzene rings is 1. The van der Waals surface area contributed by atoms with E-state index in [1.54, 1.807) is 0 Å². The highest BCUT2D eigenvalue weighted by molar-refractivity contribution is 8.13. The molecule has 1 aliphatic rings. The Morgan fingerprint density at radius 2 is 1.96 bits per heavy atom. The fourth-order valence-corrected chi connectivity index (χ4v) is 3.91. The molecule has 1 saturated carbocycles. The van der Waals surface area contributed by atoms with Gasteiger partial charge in [-0.1, -0.05) is 48.5 Å². The standard InChI is InChI=1S/C19H25NO4S/c1-13(21)25-12-16(10-14-6-3-2-4-7-14)18(22)20-17-9-5-8-15(11-17)19(23)24/h2-4,6-7,15-17H,5,8-12H2,1H3,(H,20,22)(H,23,24).